The maximum atomic E-state index is 11.4. The summed E-state index contributed by atoms with van der Waals surface area (Å²) >= 11 is 0. The standard InChI is InChI=1S/C13H21N3O/c1-5-6-12(17)15-11-8-7-10(9-14-11)16-13(2,3)4/h7-9,16H,5-6H2,1-4H3,(H,14,15,17). The molecule has 0 aliphatic carbocycles. The van der Waals surface area contributed by atoms with E-state index in [1.807, 2.05) is 19.1 Å². The quantitative estimate of drug-likeness (QED) is 0.843. The highest BCUT2D eigenvalue weighted by Gasteiger charge is 2.09. The van der Waals surface area contributed by atoms with Crippen LogP contribution in [0.4, 0.5) is 11.5 Å². The van der Waals surface area contributed by atoms with Crippen LogP contribution in [0.1, 0.15) is 40.5 Å². The Bertz CT molecular complexity index is 365. The van der Waals surface area contributed by atoms with E-state index in [9.17, 15) is 4.79 Å². The van der Waals surface area contributed by atoms with Crippen molar-refractivity contribution in [2.45, 2.75) is 46.1 Å². The Hall–Kier alpha value is -1.58. The summed E-state index contributed by atoms with van der Waals surface area (Å²) in [6.07, 6.45) is 3.10. The normalized spacial score (nSPS) is 11.1. The summed E-state index contributed by atoms with van der Waals surface area (Å²) in [5.41, 5.74) is 0.959. The van der Waals surface area contributed by atoms with Gasteiger partial charge < -0.3 is 10.6 Å². The maximum Gasteiger partial charge on any atom is 0.225 e. The van der Waals surface area contributed by atoms with Crippen molar-refractivity contribution in [2.24, 2.45) is 0 Å². The van der Waals surface area contributed by atoms with Crippen molar-refractivity contribution in [3.63, 3.8) is 0 Å². The van der Waals surface area contributed by atoms with Crippen LogP contribution in [0.3, 0.4) is 0 Å². The number of pyridine rings is 1. The van der Waals surface area contributed by atoms with Crippen LogP contribution >= 0.6 is 0 Å². The van der Waals surface area contributed by atoms with Crippen molar-refractivity contribution in [3.05, 3.63) is 18.3 Å². The lowest BCUT2D eigenvalue weighted by Gasteiger charge is -2.21. The average molecular weight is 235 g/mol. The van der Waals surface area contributed by atoms with E-state index < -0.39 is 0 Å². The molecule has 0 fully saturated rings. The molecule has 1 rings (SSSR count). The van der Waals surface area contributed by atoms with Crippen LogP contribution in [0.5, 0.6) is 0 Å². The fourth-order valence-corrected chi connectivity index (χ4v) is 1.41. The molecular formula is C13H21N3O. The lowest BCUT2D eigenvalue weighted by Crippen LogP contribution is -2.26. The second-order valence-electron chi connectivity index (χ2n) is 5.11. The number of nitrogens with zero attached hydrogens (tertiary/aromatic N) is 1. The number of amides is 1. The SMILES string of the molecule is CCCC(=O)Nc1ccc(NC(C)(C)C)cn1. The zero-order chi connectivity index (χ0) is 12.9. The Balaban J connectivity index is 2.59. The molecule has 0 saturated heterocycles. The van der Waals surface area contributed by atoms with Crippen LogP contribution in [0.2, 0.25) is 0 Å². The molecule has 1 aromatic heterocycles. The van der Waals surface area contributed by atoms with Gasteiger partial charge in [0.15, 0.2) is 0 Å². The molecule has 4 heteroatoms. The highest BCUT2D eigenvalue weighted by atomic mass is 16.1. The number of nitrogens with one attached hydrogen (secondary N) is 2. The van der Waals surface area contributed by atoms with E-state index in [2.05, 4.69) is 36.4 Å². The third-order valence-electron chi connectivity index (χ3n) is 2.03. The number of anilines is 2. The molecular weight excluding hydrogens is 214 g/mol. The third-order valence-corrected chi connectivity index (χ3v) is 2.03. The Morgan fingerprint density at radius 3 is 2.53 bits per heavy atom. The molecule has 0 radical (unpaired) electrons. The van der Waals surface area contributed by atoms with E-state index in [4.69, 9.17) is 0 Å². The van der Waals surface area contributed by atoms with E-state index in [1.165, 1.54) is 0 Å². The van der Waals surface area contributed by atoms with Gasteiger partial charge in [-0.15, -0.1) is 0 Å². The summed E-state index contributed by atoms with van der Waals surface area (Å²) in [7, 11) is 0. The smallest absolute Gasteiger partial charge is 0.225 e. The first-order valence-corrected chi connectivity index (χ1v) is 5.95. The Labute approximate surface area is 103 Å². The summed E-state index contributed by atoms with van der Waals surface area (Å²) in [6.45, 7) is 8.24. The van der Waals surface area contributed by atoms with Crippen molar-refractivity contribution < 1.29 is 4.79 Å². The number of hydrogen-bond acceptors (Lipinski definition) is 3. The minimum Gasteiger partial charge on any atom is -0.379 e. The molecule has 17 heavy (non-hydrogen) atoms. The zero-order valence-corrected chi connectivity index (χ0v) is 11.0. The van der Waals surface area contributed by atoms with E-state index in [1.54, 1.807) is 6.20 Å². The zero-order valence-electron chi connectivity index (χ0n) is 11.0. The summed E-state index contributed by atoms with van der Waals surface area (Å²) in [6, 6.07) is 3.72. The molecule has 0 aliphatic heterocycles. The molecule has 4 nitrogen and oxygen atoms in total. The molecule has 1 amide bonds. The molecule has 0 bridgehead atoms. The summed E-state index contributed by atoms with van der Waals surface area (Å²) in [4.78, 5) is 15.6. The monoisotopic (exact) mass is 235 g/mol. The highest BCUT2D eigenvalue weighted by molar-refractivity contribution is 5.89. The molecule has 0 unspecified atom stereocenters. The van der Waals surface area contributed by atoms with E-state index in [0.29, 0.717) is 12.2 Å². The van der Waals surface area contributed by atoms with Crippen LogP contribution in [-0.4, -0.2) is 16.4 Å². The molecule has 94 valence electrons. The molecule has 1 heterocycles. The van der Waals surface area contributed by atoms with Gasteiger partial charge in [0.2, 0.25) is 5.91 Å². The molecule has 1 aromatic rings. The first-order valence-electron chi connectivity index (χ1n) is 5.95. The van der Waals surface area contributed by atoms with Crippen molar-refractivity contribution in [1.82, 2.24) is 4.98 Å². The van der Waals surface area contributed by atoms with Crippen molar-refractivity contribution >= 4 is 17.4 Å². The predicted molar refractivity (Wildman–Crippen MR) is 71.2 cm³/mol. The highest BCUT2D eigenvalue weighted by Crippen LogP contribution is 2.15. The minimum atomic E-state index is 0.00859. The number of carbonyl (C=O) groups is 1. The predicted octanol–water partition coefficient (Wildman–Crippen LogP) is 3.03. The van der Waals surface area contributed by atoms with Crippen molar-refractivity contribution in [2.75, 3.05) is 10.6 Å². The second kappa shape index (κ2) is 5.66. The van der Waals surface area contributed by atoms with Gasteiger partial charge in [-0.05, 0) is 39.3 Å². The summed E-state index contributed by atoms with van der Waals surface area (Å²) in [5.74, 6) is 0.611. The van der Waals surface area contributed by atoms with Gasteiger partial charge in [0.1, 0.15) is 5.82 Å². The van der Waals surface area contributed by atoms with Crippen LogP contribution in [-0.2, 0) is 4.79 Å². The van der Waals surface area contributed by atoms with Gasteiger partial charge in [-0.3, -0.25) is 4.79 Å². The van der Waals surface area contributed by atoms with Gasteiger partial charge in [-0.2, -0.15) is 0 Å². The molecule has 0 saturated carbocycles. The van der Waals surface area contributed by atoms with Crippen LogP contribution < -0.4 is 10.6 Å². The van der Waals surface area contributed by atoms with Crippen LogP contribution in [0.25, 0.3) is 0 Å². The fraction of sp³-hybridized carbons (Fsp3) is 0.538. The molecule has 2 N–H and O–H groups in total. The lowest BCUT2D eigenvalue weighted by atomic mass is 10.1. The van der Waals surface area contributed by atoms with E-state index in [0.717, 1.165) is 12.1 Å². The molecule has 0 spiro atoms. The maximum absolute atomic E-state index is 11.4. The van der Waals surface area contributed by atoms with Crippen molar-refractivity contribution in [1.29, 1.82) is 0 Å². The number of hydrogen-bond donors (Lipinski definition) is 2. The Morgan fingerprint density at radius 2 is 2.06 bits per heavy atom. The number of aromatic nitrogens is 1. The first kappa shape index (κ1) is 13.5. The second-order valence-corrected chi connectivity index (χ2v) is 5.11. The third kappa shape index (κ3) is 5.33. The first-order chi connectivity index (χ1) is 7.90. The summed E-state index contributed by atoms with van der Waals surface area (Å²) in [5, 5.41) is 6.07. The average Bonchev–Trinajstić information content (AvgIpc) is 2.19. The Morgan fingerprint density at radius 1 is 1.35 bits per heavy atom. The molecule has 0 aliphatic rings. The Kier molecular flexibility index (Phi) is 4.49. The fourth-order valence-electron chi connectivity index (χ4n) is 1.41. The molecule has 0 aromatic carbocycles. The van der Waals surface area contributed by atoms with Crippen LogP contribution in [0, 0.1) is 0 Å². The van der Waals surface area contributed by atoms with Gasteiger partial charge in [-0.1, -0.05) is 6.92 Å². The van der Waals surface area contributed by atoms with Gasteiger partial charge in [0.05, 0.1) is 11.9 Å². The number of carbonyl (C=O) groups excluding carboxylic acids is 1. The van der Waals surface area contributed by atoms with Gasteiger partial charge >= 0.3 is 0 Å². The van der Waals surface area contributed by atoms with Gasteiger partial charge in [-0.25, -0.2) is 4.98 Å². The lowest BCUT2D eigenvalue weighted by molar-refractivity contribution is -0.116. The largest absolute Gasteiger partial charge is 0.379 e. The van der Waals surface area contributed by atoms with E-state index in [-0.39, 0.29) is 11.4 Å². The minimum absolute atomic E-state index is 0.00859. The van der Waals surface area contributed by atoms with Crippen molar-refractivity contribution in [3.8, 4) is 0 Å². The molecule has 0 atom stereocenters. The van der Waals surface area contributed by atoms with Gasteiger partial charge in [0.25, 0.3) is 0 Å². The number of rotatable bonds is 4. The van der Waals surface area contributed by atoms with Gasteiger partial charge in [0, 0.05) is 12.0 Å². The summed E-state index contributed by atoms with van der Waals surface area (Å²) < 4.78 is 0. The van der Waals surface area contributed by atoms with E-state index >= 15 is 0 Å². The topological polar surface area (TPSA) is 54.0 Å². The van der Waals surface area contributed by atoms with Crippen LogP contribution in [0.15, 0.2) is 18.3 Å².